The summed E-state index contributed by atoms with van der Waals surface area (Å²) in [5, 5.41) is 8.64. The van der Waals surface area contributed by atoms with Crippen LogP contribution in [-0.4, -0.2) is 87.3 Å². The van der Waals surface area contributed by atoms with Gasteiger partial charge in [-0.2, -0.15) is 0 Å². The fourth-order valence-corrected chi connectivity index (χ4v) is 14.4. The number of nitrogen functional groups attached to an aromatic ring is 2. The van der Waals surface area contributed by atoms with Gasteiger partial charge in [0.15, 0.2) is 15.4 Å². The quantitative estimate of drug-likeness (QED) is 0.0532. The number of nitrogens with one attached hydrogen (secondary N) is 1. The van der Waals surface area contributed by atoms with Crippen LogP contribution < -0.4 is 20.9 Å². The number of ketones is 3. The molecule has 18 nitrogen and oxygen atoms in total. The molecule has 0 unspecified atom stereocenters. The minimum Gasteiger partial charge on any atom is -0.497 e. The van der Waals surface area contributed by atoms with Crippen molar-refractivity contribution in [2.24, 2.45) is 0 Å². The Morgan fingerprint density at radius 2 is 1.02 bits per heavy atom. The molecule has 0 saturated carbocycles. The number of sulfonamides is 1. The average molecular weight is 1430 g/mol. The third-order valence-corrected chi connectivity index (χ3v) is 20.2. The largest absolute Gasteiger partial charge is 0.497 e. The number of carbonyl (C=O) groups is 3. The second-order valence-corrected chi connectivity index (χ2v) is 29.7. The standard InChI is InChI=1S/C25H19ClN4O2S.C21H18ClN3O3S2.C18H12ClN3OS.C3H7ClO2S/c1-32-19-8-2-15(3-9-19)12-30-13-21(23(31)22-14-33-25(27)29-22)20-10-17(11-28-24(20)30)16-4-6-18(26)7-5-16;1-2-9-30(27,28)25-21-24-19(12-29-21)20(26)16-7-8-18-17(16)10-14(11-23-18)13-3-5-15(22)6-4-13;19-12-3-1-10(2-4-12)11-7-14-13(5-6-15(14)21-8-11)17(23)16-9-24-18(20)22-16;1-2-3-7(4,5)6/h2-11,13-14H,12H2,1H3,(H2,27,29);3-7,10-12H,2,8-9H2,1H3,(H,24,25);1-5,7-9H,6H2,(H2,20,22);2-3H2,1H3. The smallest absolute Gasteiger partial charge is 0.234 e. The topological polar surface area (TPSA) is 275 Å². The number of carbonyl (C=O) groups excluding carboxylic acids is 3. The van der Waals surface area contributed by atoms with Crippen LogP contribution in [0.3, 0.4) is 0 Å². The van der Waals surface area contributed by atoms with E-state index in [2.05, 4.69) is 29.6 Å². The van der Waals surface area contributed by atoms with Crippen molar-refractivity contribution in [1.29, 1.82) is 0 Å². The van der Waals surface area contributed by atoms with E-state index in [0.717, 1.165) is 89.6 Å². The second-order valence-electron chi connectivity index (χ2n) is 21.0. The summed E-state index contributed by atoms with van der Waals surface area (Å²) in [6.07, 6.45) is 13.3. The molecular formula is C67H56Cl4N10O8S5. The van der Waals surface area contributed by atoms with Crippen LogP contribution in [-0.2, 0) is 38.5 Å². The summed E-state index contributed by atoms with van der Waals surface area (Å²) < 4.78 is 53.5. The van der Waals surface area contributed by atoms with Crippen LogP contribution in [0.5, 0.6) is 5.75 Å². The summed E-state index contributed by atoms with van der Waals surface area (Å²) in [6.45, 7) is 4.10. The van der Waals surface area contributed by atoms with Crippen molar-refractivity contribution in [3.05, 3.63) is 234 Å². The van der Waals surface area contributed by atoms with Crippen LogP contribution in [0.1, 0.15) is 91.8 Å². The third-order valence-electron chi connectivity index (χ3n) is 14.4. The van der Waals surface area contributed by atoms with E-state index in [0.29, 0.717) is 85.7 Å². The number of pyridine rings is 3. The first kappa shape index (κ1) is 68.4. The molecule has 7 heterocycles. The molecule has 11 aromatic rings. The van der Waals surface area contributed by atoms with Crippen LogP contribution in [0.2, 0.25) is 15.1 Å². The number of allylic oxidation sites excluding steroid dienone is 4. The molecule has 0 bridgehead atoms. The summed E-state index contributed by atoms with van der Waals surface area (Å²) in [5.74, 6) is 0.329. The van der Waals surface area contributed by atoms with Gasteiger partial charge in [-0.3, -0.25) is 29.1 Å². The average Bonchev–Trinajstić information content (AvgIpc) is 1.62. The number of fused-ring (bicyclic) bond motifs is 3. The Kier molecular flexibility index (Phi) is 22.0. The van der Waals surface area contributed by atoms with Crippen LogP contribution >= 0.6 is 79.5 Å². The Bertz CT molecular complexity index is 4920. The highest BCUT2D eigenvalue weighted by molar-refractivity contribution is 8.13. The van der Waals surface area contributed by atoms with Crippen molar-refractivity contribution < 1.29 is 36.0 Å². The Labute approximate surface area is 573 Å². The van der Waals surface area contributed by atoms with Gasteiger partial charge < -0.3 is 20.8 Å². The summed E-state index contributed by atoms with van der Waals surface area (Å²) in [5.41, 5.74) is 24.8. The highest BCUT2D eigenvalue weighted by Crippen LogP contribution is 2.36. The molecule has 0 radical (unpaired) electrons. The Balaban J connectivity index is 0.000000148. The number of methoxy groups -OCH3 is 1. The zero-order valence-electron chi connectivity index (χ0n) is 50.2. The predicted octanol–water partition coefficient (Wildman–Crippen LogP) is 15.7. The normalized spacial score (nSPS) is 12.2. The lowest BCUT2D eigenvalue weighted by Crippen LogP contribution is -2.16. The molecule has 4 aromatic carbocycles. The molecule has 13 rings (SSSR count). The zero-order chi connectivity index (χ0) is 66.8. The van der Waals surface area contributed by atoms with Crippen molar-refractivity contribution in [3.63, 3.8) is 0 Å². The van der Waals surface area contributed by atoms with Crippen LogP contribution in [0.15, 0.2) is 168 Å². The van der Waals surface area contributed by atoms with E-state index in [9.17, 15) is 31.2 Å². The predicted molar refractivity (Wildman–Crippen MR) is 380 cm³/mol. The molecule has 0 saturated heterocycles. The Morgan fingerprint density at radius 1 is 0.574 bits per heavy atom. The fourth-order valence-electron chi connectivity index (χ4n) is 9.95. The van der Waals surface area contributed by atoms with E-state index in [1.165, 1.54) is 22.7 Å². The summed E-state index contributed by atoms with van der Waals surface area (Å²) in [7, 11) is -0.209. The SMILES string of the molecule is CCCS(=O)(=O)Cl.CCCS(=O)(=O)Nc1nc(C(=O)C2=CCc3ncc(-c4ccc(Cl)cc4)cc32)cs1.COc1ccc(Cn2cc(C(=O)c3csc(N)n3)c3cc(-c4ccc(Cl)cc4)cnc32)cc1.Nc1nc(C(=O)C2=CCc3ncc(-c4ccc(Cl)cc4)cc32)cs1. The van der Waals surface area contributed by atoms with Gasteiger partial charge in [0, 0.05) is 130 Å². The highest BCUT2D eigenvalue weighted by atomic mass is 35.7. The maximum Gasteiger partial charge on any atom is 0.234 e. The van der Waals surface area contributed by atoms with Crippen LogP contribution in [0.4, 0.5) is 15.4 Å². The highest BCUT2D eigenvalue weighted by Gasteiger charge is 2.28. The molecule has 480 valence electrons. The number of ether oxygens (including phenoxy) is 1. The summed E-state index contributed by atoms with van der Waals surface area (Å²) in [4.78, 5) is 65.3. The maximum atomic E-state index is 13.3. The van der Waals surface area contributed by atoms with E-state index in [-0.39, 0.29) is 39.7 Å². The Hall–Kier alpha value is -8.49. The number of nitrogens with zero attached hydrogens (tertiary/aromatic N) is 7. The number of aromatic nitrogens is 7. The van der Waals surface area contributed by atoms with Gasteiger partial charge in [0.25, 0.3) is 0 Å². The van der Waals surface area contributed by atoms with E-state index in [4.69, 9.17) is 66.7 Å². The number of halogens is 4. The van der Waals surface area contributed by atoms with Crippen molar-refractivity contribution in [2.75, 3.05) is 34.8 Å². The maximum absolute atomic E-state index is 13.3. The molecule has 0 atom stereocenters. The van der Waals surface area contributed by atoms with Crippen molar-refractivity contribution in [3.8, 4) is 39.1 Å². The number of hydrogen-bond donors (Lipinski definition) is 3. The van der Waals surface area contributed by atoms with Gasteiger partial charge in [-0.25, -0.2) is 36.8 Å². The zero-order valence-corrected chi connectivity index (χ0v) is 57.3. The lowest BCUT2D eigenvalue weighted by atomic mass is 9.99. The minimum atomic E-state index is -3.45. The van der Waals surface area contributed by atoms with Gasteiger partial charge in [-0.15, -0.1) is 34.0 Å². The number of nitrogens with two attached hydrogens (primary N) is 2. The number of Topliss-reactive ketones (excluding diaryl/α,β-unsaturated/α-hetero) is 2. The van der Waals surface area contributed by atoms with Gasteiger partial charge >= 0.3 is 0 Å². The molecular weight excluding hydrogens is 1370 g/mol. The molecule has 27 heteroatoms. The molecule has 0 spiro atoms. The third kappa shape index (κ3) is 17.1. The minimum absolute atomic E-state index is 0.00747. The van der Waals surface area contributed by atoms with Crippen molar-refractivity contribution >= 4 is 153 Å². The first-order valence-corrected chi connectivity index (χ1v) is 36.7. The number of hydrogen-bond acceptors (Lipinski definition) is 19. The Morgan fingerprint density at radius 3 is 1.46 bits per heavy atom. The molecule has 0 fully saturated rings. The molecule has 2 aliphatic carbocycles. The molecule has 2 aliphatic rings. The number of benzene rings is 4. The second kappa shape index (κ2) is 30.3. The monoisotopic (exact) mass is 1430 g/mol. The van der Waals surface area contributed by atoms with Gasteiger partial charge in [-0.05, 0) is 102 Å². The van der Waals surface area contributed by atoms with Crippen molar-refractivity contribution in [1.82, 2.24) is 34.5 Å². The van der Waals surface area contributed by atoms with Gasteiger partial charge in [0.05, 0.1) is 35.6 Å². The lowest BCUT2D eigenvalue weighted by Gasteiger charge is -2.07. The van der Waals surface area contributed by atoms with E-state index < -0.39 is 19.1 Å². The number of thiazole rings is 3. The summed E-state index contributed by atoms with van der Waals surface area (Å²) in [6, 6.07) is 36.3. The van der Waals surface area contributed by atoms with E-state index >= 15 is 0 Å². The molecule has 5 N–H and O–H groups in total. The van der Waals surface area contributed by atoms with Gasteiger partial charge in [0.1, 0.15) is 28.5 Å². The first-order chi connectivity index (χ1) is 45.0. The molecule has 0 amide bonds. The molecule has 0 aliphatic heterocycles. The lowest BCUT2D eigenvalue weighted by molar-refractivity contribution is 0.103. The molecule has 94 heavy (non-hydrogen) atoms. The van der Waals surface area contributed by atoms with Crippen LogP contribution in [0, 0.1) is 0 Å². The van der Waals surface area contributed by atoms with Gasteiger partial charge in [-0.1, -0.05) is 109 Å². The summed E-state index contributed by atoms with van der Waals surface area (Å²) >= 11 is 21.6. The fraction of sp³-hybridized carbons (Fsp3) is 0.149. The molecule has 7 aromatic heterocycles. The first-order valence-electron chi connectivity index (χ1n) is 28.8. The van der Waals surface area contributed by atoms with Crippen LogP contribution in [0.25, 0.3) is 55.6 Å². The number of rotatable bonds is 18. The van der Waals surface area contributed by atoms with E-state index in [1.807, 2.05) is 151 Å². The van der Waals surface area contributed by atoms with Gasteiger partial charge in [0.2, 0.25) is 36.4 Å². The number of anilines is 3. The van der Waals surface area contributed by atoms with E-state index in [1.54, 1.807) is 43.3 Å². The van der Waals surface area contributed by atoms with Crippen molar-refractivity contribution in [2.45, 2.75) is 46.1 Å².